The molecule has 1 aromatic carbocycles. The molecule has 0 aliphatic rings. The zero-order valence-corrected chi connectivity index (χ0v) is 13.4. The Morgan fingerprint density at radius 1 is 0.920 bits per heavy atom. The number of nitrogens with one attached hydrogen (secondary N) is 1. The number of aromatic nitrogens is 4. The maximum atomic E-state index is 14.3. The fourth-order valence-corrected chi connectivity index (χ4v) is 2.61. The number of hydrogen-bond acceptors (Lipinski definition) is 5. The van der Waals surface area contributed by atoms with Crippen LogP contribution < -0.4 is 5.32 Å². The van der Waals surface area contributed by atoms with Crippen molar-refractivity contribution in [2.45, 2.75) is 6.92 Å². The molecule has 4 rings (SSSR count). The Hall–Kier alpha value is -3.41. The molecule has 0 spiro atoms. The van der Waals surface area contributed by atoms with E-state index in [1.807, 2.05) is 19.1 Å². The average molecular weight is 331 g/mol. The van der Waals surface area contributed by atoms with Crippen LogP contribution in [0.5, 0.6) is 0 Å². The monoisotopic (exact) mass is 331 g/mol. The van der Waals surface area contributed by atoms with Crippen molar-refractivity contribution < 1.29 is 4.39 Å². The van der Waals surface area contributed by atoms with E-state index in [0.717, 1.165) is 11.3 Å². The summed E-state index contributed by atoms with van der Waals surface area (Å²) in [6.07, 6.45) is 6.56. The molecule has 6 heteroatoms. The molecule has 5 nitrogen and oxygen atoms in total. The Balaban J connectivity index is 1.91. The molecule has 122 valence electrons. The van der Waals surface area contributed by atoms with Crippen molar-refractivity contribution in [1.82, 2.24) is 19.9 Å². The average Bonchev–Trinajstić information content (AvgIpc) is 2.64. The van der Waals surface area contributed by atoms with E-state index >= 15 is 0 Å². The highest BCUT2D eigenvalue weighted by molar-refractivity contribution is 5.90. The summed E-state index contributed by atoms with van der Waals surface area (Å²) in [6.45, 7) is 1.92. The van der Waals surface area contributed by atoms with E-state index in [-0.39, 0.29) is 5.82 Å². The lowest BCUT2D eigenvalue weighted by Gasteiger charge is -2.11. The minimum absolute atomic E-state index is 0.323. The van der Waals surface area contributed by atoms with Crippen molar-refractivity contribution in [3.05, 3.63) is 72.6 Å². The number of pyridine rings is 2. The summed E-state index contributed by atoms with van der Waals surface area (Å²) >= 11 is 0. The quantitative estimate of drug-likeness (QED) is 0.607. The van der Waals surface area contributed by atoms with Crippen LogP contribution in [-0.4, -0.2) is 19.9 Å². The van der Waals surface area contributed by atoms with Gasteiger partial charge in [-0.2, -0.15) is 0 Å². The first-order valence-electron chi connectivity index (χ1n) is 7.76. The highest BCUT2D eigenvalue weighted by Crippen LogP contribution is 2.30. The van der Waals surface area contributed by atoms with E-state index in [1.54, 1.807) is 43.0 Å². The molecule has 1 N–H and O–H groups in total. The van der Waals surface area contributed by atoms with Gasteiger partial charge in [0, 0.05) is 36.0 Å². The second-order valence-corrected chi connectivity index (χ2v) is 5.63. The van der Waals surface area contributed by atoms with Crippen LogP contribution in [0.4, 0.5) is 15.8 Å². The molecular weight excluding hydrogens is 317 g/mol. The molecule has 0 aliphatic carbocycles. The van der Waals surface area contributed by atoms with Gasteiger partial charge in [0.1, 0.15) is 11.3 Å². The molecule has 4 aromatic rings. The maximum absolute atomic E-state index is 14.3. The summed E-state index contributed by atoms with van der Waals surface area (Å²) in [4.78, 5) is 17.1. The zero-order chi connectivity index (χ0) is 17.2. The van der Waals surface area contributed by atoms with Crippen LogP contribution in [0.1, 0.15) is 5.56 Å². The number of aryl methyl sites for hydroxylation is 1. The highest BCUT2D eigenvalue weighted by Gasteiger charge is 2.13. The third kappa shape index (κ3) is 3.01. The van der Waals surface area contributed by atoms with Crippen molar-refractivity contribution >= 4 is 22.5 Å². The van der Waals surface area contributed by atoms with E-state index in [2.05, 4.69) is 25.3 Å². The lowest BCUT2D eigenvalue weighted by molar-refractivity contribution is 0.630. The Labute approximate surface area is 143 Å². The molecule has 0 atom stereocenters. The van der Waals surface area contributed by atoms with Gasteiger partial charge in [0.15, 0.2) is 5.65 Å². The third-order valence-electron chi connectivity index (χ3n) is 3.80. The molecule has 0 aliphatic heterocycles. The van der Waals surface area contributed by atoms with Crippen molar-refractivity contribution in [2.24, 2.45) is 0 Å². The molecule has 3 aromatic heterocycles. The van der Waals surface area contributed by atoms with Crippen LogP contribution in [0.2, 0.25) is 0 Å². The van der Waals surface area contributed by atoms with E-state index < -0.39 is 0 Å². The Morgan fingerprint density at radius 3 is 2.56 bits per heavy atom. The van der Waals surface area contributed by atoms with E-state index in [0.29, 0.717) is 28.1 Å². The minimum Gasteiger partial charge on any atom is -0.353 e. The maximum Gasteiger partial charge on any atom is 0.180 e. The van der Waals surface area contributed by atoms with Crippen molar-refractivity contribution in [3.8, 4) is 11.3 Å². The van der Waals surface area contributed by atoms with Crippen molar-refractivity contribution in [2.75, 3.05) is 5.32 Å². The highest BCUT2D eigenvalue weighted by atomic mass is 19.1. The largest absolute Gasteiger partial charge is 0.353 e. The van der Waals surface area contributed by atoms with Crippen LogP contribution in [0, 0.1) is 12.7 Å². The van der Waals surface area contributed by atoms with Crippen LogP contribution in [0.15, 0.2) is 61.2 Å². The Kier molecular flexibility index (Phi) is 3.78. The van der Waals surface area contributed by atoms with Gasteiger partial charge >= 0.3 is 0 Å². The van der Waals surface area contributed by atoms with Gasteiger partial charge in [0.05, 0.1) is 11.4 Å². The van der Waals surface area contributed by atoms with Crippen LogP contribution in [-0.2, 0) is 0 Å². The number of hydrogen-bond donors (Lipinski definition) is 1. The molecule has 3 heterocycles. The van der Waals surface area contributed by atoms with Crippen molar-refractivity contribution in [3.63, 3.8) is 0 Å². The number of halogens is 1. The van der Waals surface area contributed by atoms with Crippen molar-refractivity contribution in [1.29, 1.82) is 0 Å². The van der Waals surface area contributed by atoms with Crippen LogP contribution in [0.25, 0.3) is 22.4 Å². The van der Waals surface area contributed by atoms with Gasteiger partial charge in [-0.1, -0.05) is 11.6 Å². The number of rotatable bonds is 3. The summed E-state index contributed by atoms with van der Waals surface area (Å²) in [6, 6.07) is 10.4. The van der Waals surface area contributed by atoms with Gasteiger partial charge in [0.2, 0.25) is 0 Å². The SMILES string of the molecule is Cc1ccc(F)c(-c2cc(Nc3ccncc3)c3nccnc3n2)c1. The van der Waals surface area contributed by atoms with E-state index in [9.17, 15) is 4.39 Å². The van der Waals surface area contributed by atoms with E-state index in [1.165, 1.54) is 6.07 Å². The van der Waals surface area contributed by atoms with Crippen LogP contribution in [0.3, 0.4) is 0 Å². The number of benzene rings is 1. The minimum atomic E-state index is -0.323. The first-order valence-corrected chi connectivity index (χ1v) is 7.76. The second-order valence-electron chi connectivity index (χ2n) is 5.63. The molecule has 0 bridgehead atoms. The fraction of sp³-hybridized carbons (Fsp3) is 0.0526. The molecular formula is C19H14FN5. The number of nitrogens with zero attached hydrogens (tertiary/aromatic N) is 4. The smallest absolute Gasteiger partial charge is 0.180 e. The number of fused-ring (bicyclic) bond motifs is 1. The summed E-state index contributed by atoms with van der Waals surface area (Å²) < 4.78 is 14.3. The summed E-state index contributed by atoms with van der Waals surface area (Å²) in [5.74, 6) is -0.323. The van der Waals surface area contributed by atoms with Gasteiger partial charge in [-0.15, -0.1) is 0 Å². The van der Waals surface area contributed by atoms with Gasteiger partial charge in [-0.25, -0.2) is 19.3 Å². The molecule has 25 heavy (non-hydrogen) atoms. The zero-order valence-electron chi connectivity index (χ0n) is 13.4. The summed E-state index contributed by atoms with van der Waals surface area (Å²) in [7, 11) is 0. The molecule has 0 fully saturated rings. The van der Waals surface area contributed by atoms with Gasteiger partial charge < -0.3 is 5.32 Å². The van der Waals surface area contributed by atoms with E-state index in [4.69, 9.17) is 0 Å². The van der Waals surface area contributed by atoms with Gasteiger partial charge in [0.25, 0.3) is 0 Å². The fourth-order valence-electron chi connectivity index (χ4n) is 2.61. The Morgan fingerprint density at radius 2 is 1.72 bits per heavy atom. The lowest BCUT2D eigenvalue weighted by atomic mass is 10.1. The molecule has 0 radical (unpaired) electrons. The molecule has 0 saturated carbocycles. The third-order valence-corrected chi connectivity index (χ3v) is 3.80. The predicted molar refractivity (Wildman–Crippen MR) is 95.0 cm³/mol. The Bertz CT molecular complexity index is 1050. The van der Waals surface area contributed by atoms with Gasteiger partial charge in [-0.05, 0) is 37.3 Å². The molecule has 0 amide bonds. The summed E-state index contributed by atoms with van der Waals surface area (Å²) in [5, 5.41) is 3.29. The van der Waals surface area contributed by atoms with Gasteiger partial charge in [-0.3, -0.25) is 4.98 Å². The standard InChI is InChI=1S/C19H14FN5/c1-12-2-3-15(20)14(10-12)16-11-17(24-13-4-6-21-7-5-13)18-19(25-16)23-9-8-22-18/h2-11H,1H3,(H,21,23,24,25). The lowest BCUT2D eigenvalue weighted by Crippen LogP contribution is -1.99. The van der Waals surface area contributed by atoms with Crippen LogP contribution >= 0.6 is 0 Å². The topological polar surface area (TPSA) is 63.6 Å². The number of anilines is 2. The second kappa shape index (κ2) is 6.24. The molecule has 0 unspecified atom stereocenters. The first kappa shape index (κ1) is 15.1. The predicted octanol–water partition coefficient (Wildman–Crippen LogP) is 4.28. The summed E-state index contributed by atoms with van der Waals surface area (Å²) in [5.41, 5.74) is 4.54. The molecule has 0 saturated heterocycles. The normalized spacial score (nSPS) is 10.8. The first-order chi connectivity index (χ1) is 12.2.